The van der Waals surface area contributed by atoms with Gasteiger partial charge in [0.05, 0.1) is 23.4 Å². The number of hydrogen-bond acceptors (Lipinski definition) is 5. The molecule has 0 radical (unpaired) electrons. The van der Waals surface area contributed by atoms with Crippen molar-refractivity contribution in [3.8, 4) is 5.69 Å². The van der Waals surface area contributed by atoms with Gasteiger partial charge < -0.3 is 10.6 Å². The topological polar surface area (TPSA) is 114 Å². The van der Waals surface area contributed by atoms with Crippen LogP contribution in [0.15, 0.2) is 59.4 Å². The maximum absolute atomic E-state index is 12.6. The van der Waals surface area contributed by atoms with Crippen molar-refractivity contribution in [2.75, 3.05) is 10.6 Å². The lowest BCUT2D eigenvalue weighted by Crippen LogP contribution is -2.25. The van der Waals surface area contributed by atoms with Gasteiger partial charge in [0.1, 0.15) is 5.82 Å². The van der Waals surface area contributed by atoms with E-state index in [9.17, 15) is 19.2 Å². The van der Waals surface area contributed by atoms with Crippen molar-refractivity contribution in [1.29, 1.82) is 0 Å². The number of nitrogens with zero attached hydrogens (tertiary/aromatic N) is 2. The summed E-state index contributed by atoms with van der Waals surface area (Å²) in [6.07, 6.45) is 0. The van der Waals surface area contributed by atoms with Gasteiger partial charge in [0, 0.05) is 17.3 Å². The number of anilines is 2. The first-order valence-electron chi connectivity index (χ1n) is 8.87. The molecule has 3 heterocycles. The number of fused-ring (bicyclic) bond motifs is 2. The highest BCUT2D eigenvalue weighted by Crippen LogP contribution is 2.29. The van der Waals surface area contributed by atoms with E-state index >= 15 is 0 Å². The van der Waals surface area contributed by atoms with Crippen LogP contribution >= 0.6 is 0 Å². The van der Waals surface area contributed by atoms with Gasteiger partial charge in [-0.3, -0.25) is 29.1 Å². The average molecular weight is 386 g/mol. The fourth-order valence-corrected chi connectivity index (χ4v) is 3.79. The van der Waals surface area contributed by atoms with Crippen LogP contribution in [0.3, 0.4) is 0 Å². The lowest BCUT2D eigenvalue weighted by Gasteiger charge is -2.17. The Morgan fingerprint density at radius 1 is 0.828 bits per heavy atom. The predicted octanol–water partition coefficient (Wildman–Crippen LogP) is 1.46. The Morgan fingerprint density at radius 3 is 2.24 bits per heavy atom. The largest absolute Gasteiger partial charge is 0.384 e. The van der Waals surface area contributed by atoms with Crippen molar-refractivity contribution in [2.24, 2.45) is 0 Å². The molecular formula is C21H14N4O4. The molecular weight excluding hydrogens is 372 g/mol. The Hall–Kier alpha value is -4.20. The van der Waals surface area contributed by atoms with Crippen LogP contribution in [-0.4, -0.2) is 22.3 Å². The van der Waals surface area contributed by atoms with E-state index in [1.807, 2.05) is 18.2 Å². The molecule has 0 bridgehead atoms. The van der Waals surface area contributed by atoms with E-state index in [0.717, 1.165) is 11.6 Å². The fraction of sp³-hybridized carbons (Fsp3) is 0.0476. The van der Waals surface area contributed by atoms with E-state index in [1.54, 1.807) is 35.2 Å². The monoisotopic (exact) mass is 386 g/mol. The second-order valence-corrected chi connectivity index (χ2v) is 6.84. The van der Waals surface area contributed by atoms with Gasteiger partial charge in [-0.05, 0) is 35.9 Å². The second kappa shape index (κ2) is 5.90. The van der Waals surface area contributed by atoms with Crippen LogP contribution in [0.4, 0.5) is 11.5 Å². The van der Waals surface area contributed by atoms with Crippen molar-refractivity contribution in [3.05, 3.63) is 87.2 Å². The third-order valence-corrected chi connectivity index (χ3v) is 5.19. The minimum Gasteiger partial charge on any atom is -0.384 e. The van der Waals surface area contributed by atoms with Gasteiger partial charge in [0.25, 0.3) is 23.3 Å². The Labute approximate surface area is 164 Å². The summed E-state index contributed by atoms with van der Waals surface area (Å²) < 4.78 is 1.17. The lowest BCUT2D eigenvalue weighted by atomic mass is 10.1. The molecule has 2 aromatic carbocycles. The molecule has 0 fully saturated rings. The van der Waals surface area contributed by atoms with Gasteiger partial charge in [0.15, 0.2) is 0 Å². The maximum Gasteiger partial charge on any atom is 0.262 e. The van der Waals surface area contributed by atoms with Gasteiger partial charge in [-0.1, -0.05) is 18.2 Å². The number of nitrogens with one attached hydrogen (secondary N) is 1. The summed E-state index contributed by atoms with van der Waals surface area (Å²) in [7, 11) is 0. The van der Waals surface area contributed by atoms with E-state index in [0.29, 0.717) is 23.5 Å². The Kier molecular flexibility index (Phi) is 3.44. The molecule has 1 aromatic heterocycles. The van der Waals surface area contributed by atoms with Crippen LogP contribution in [0, 0.1) is 0 Å². The molecule has 29 heavy (non-hydrogen) atoms. The van der Waals surface area contributed by atoms with E-state index in [-0.39, 0.29) is 22.9 Å². The summed E-state index contributed by atoms with van der Waals surface area (Å²) in [4.78, 5) is 50.6. The van der Waals surface area contributed by atoms with Crippen molar-refractivity contribution in [2.45, 2.75) is 6.54 Å². The number of imide groups is 1. The van der Waals surface area contributed by atoms with Gasteiger partial charge >= 0.3 is 0 Å². The molecule has 2 aliphatic rings. The number of carbonyl (C=O) groups is 3. The number of rotatable bonds is 2. The molecule has 5 rings (SSSR count). The van der Waals surface area contributed by atoms with Gasteiger partial charge in [-0.2, -0.15) is 0 Å². The van der Waals surface area contributed by atoms with Crippen molar-refractivity contribution < 1.29 is 14.4 Å². The molecule has 3 amide bonds. The number of nitrogens with two attached hydrogens (primary N) is 1. The van der Waals surface area contributed by atoms with Crippen LogP contribution in [-0.2, 0) is 6.54 Å². The van der Waals surface area contributed by atoms with Crippen molar-refractivity contribution in [3.63, 3.8) is 0 Å². The third kappa shape index (κ3) is 2.39. The molecule has 0 aliphatic carbocycles. The fourth-order valence-electron chi connectivity index (χ4n) is 3.79. The SMILES string of the molecule is Nc1c2c(cc(=O)n1-c1ccc(N3Cc4ccccc4C3=O)cc1)C(=O)NC2=O. The summed E-state index contributed by atoms with van der Waals surface area (Å²) in [5.74, 6) is -1.46. The quantitative estimate of drug-likeness (QED) is 0.647. The van der Waals surface area contributed by atoms with E-state index in [2.05, 4.69) is 5.32 Å². The highest BCUT2D eigenvalue weighted by atomic mass is 16.2. The molecule has 3 aromatic rings. The summed E-state index contributed by atoms with van der Waals surface area (Å²) in [5, 5.41) is 2.13. The zero-order chi connectivity index (χ0) is 20.3. The minimum absolute atomic E-state index is 0.0103. The van der Waals surface area contributed by atoms with Crippen molar-refractivity contribution >= 4 is 29.2 Å². The summed E-state index contributed by atoms with van der Waals surface area (Å²) in [5.41, 5.74) is 8.22. The molecule has 8 nitrogen and oxygen atoms in total. The molecule has 0 atom stereocenters. The first-order chi connectivity index (χ1) is 14.0. The maximum atomic E-state index is 12.6. The van der Waals surface area contributed by atoms with Crippen LogP contribution in [0.5, 0.6) is 0 Å². The number of hydrogen-bond donors (Lipinski definition) is 2. The second-order valence-electron chi connectivity index (χ2n) is 6.84. The number of benzene rings is 2. The Bertz CT molecular complexity index is 1290. The number of nitrogen functional groups attached to an aromatic ring is 1. The molecule has 8 heteroatoms. The van der Waals surface area contributed by atoms with Crippen molar-refractivity contribution in [1.82, 2.24) is 9.88 Å². The number of carbonyl (C=O) groups excluding carboxylic acids is 3. The van der Waals surface area contributed by atoms with E-state index in [4.69, 9.17) is 5.73 Å². The summed E-state index contributed by atoms with van der Waals surface area (Å²) >= 11 is 0. The van der Waals surface area contributed by atoms with E-state index in [1.165, 1.54) is 4.57 Å². The molecule has 0 saturated heterocycles. The molecule has 0 spiro atoms. The highest BCUT2D eigenvalue weighted by molar-refractivity contribution is 6.23. The first kappa shape index (κ1) is 16.9. The zero-order valence-electron chi connectivity index (χ0n) is 15.0. The molecule has 2 aliphatic heterocycles. The zero-order valence-corrected chi connectivity index (χ0v) is 15.0. The highest BCUT2D eigenvalue weighted by Gasteiger charge is 2.32. The minimum atomic E-state index is -0.636. The normalized spacial score (nSPS) is 14.8. The van der Waals surface area contributed by atoms with Crippen LogP contribution in [0.2, 0.25) is 0 Å². The number of aromatic nitrogens is 1. The van der Waals surface area contributed by atoms with Gasteiger partial charge in [0.2, 0.25) is 0 Å². The summed E-state index contributed by atoms with van der Waals surface area (Å²) in [6, 6.07) is 15.2. The van der Waals surface area contributed by atoms with Crippen LogP contribution < -0.4 is 21.5 Å². The Morgan fingerprint density at radius 2 is 1.52 bits per heavy atom. The first-order valence-corrected chi connectivity index (χ1v) is 8.87. The number of amides is 3. The van der Waals surface area contributed by atoms with Crippen LogP contribution in [0.25, 0.3) is 5.69 Å². The number of pyridine rings is 1. The predicted molar refractivity (Wildman–Crippen MR) is 105 cm³/mol. The Balaban J connectivity index is 1.54. The van der Waals surface area contributed by atoms with Gasteiger partial charge in [-0.15, -0.1) is 0 Å². The smallest absolute Gasteiger partial charge is 0.262 e. The molecule has 3 N–H and O–H groups in total. The molecule has 142 valence electrons. The lowest BCUT2D eigenvalue weighted by molar-refractivity contribution is 0.0879. The van der Waals surface area contributed by atoms with Crippen LogP contribution in [0.1, 0.15) is 36.6 Å². The standard InChI is InChI=1S/C21H14N4O4/c22-18-17-15(19(27)23-20(17)28)9-16(26)25(18)13-7-5-12(6-8-13)24-10-11-3-1-2-4-14(11)21(24)29/h1-9H,10,22H2,(H,23,27,28). The van der Waals surface area contributed by atoms with Gasteiger partial charge in [-0.25, -0.2) is 0 Å². The van der Waals surface area contributed by atoms with E-state index < -0.39 is 17.4 Å². The average Bonchev–Trinajstić information content (AvgIpc) is 3.19. The molecule has 0 unspecified atom stereocenters. The summed E-state index contributed by atoms with van der Waals surface area (Å²) in [6.45, 7) is 0.470. The third-order valence-electron chi connectivity index (χ3n) is 5.19. The molecule has 0 saturated carbocycles.